The summed E-state index contributed by atoms with van der Waals surface area (Å²) in [5, 5.41) is 5.07. The number of hydrogen-bond donors (Lipinski definition) is 1. The zero-order valence-corrected chi connectivity index (χ0v) is 15.4. The number of amides is 1. The van der Waals surface area contributed by atoms with Gasteiger partial charge in [-0.3, -0.25) is 4.79 Å². The lowest BCUT2D eigenvalue weighted by Crippen LogP contribution is -2.38. The van der Waals surface area contributed by atoms with Gasteiger partial charge < -0.3 is 19.7 Å². The van der Waals surface area contributed by atoms with Gasteiger partial charge in [-0.2, -0.15) is 0 Å². The molecule has 2 fully saturated rings. The first-order valence-electron chi connectivity index (χ1n) is 9.18. The van der Waals surface area contributed by atoms with Crippen molar-refractivity contribution in [3.8, 4) is 11.6 Å². The van der Waals surface area contributed by atoms with E-state index in [2.05, 4.69) is 22.2 Å². The van der Waals surface area contributed by atoms with Crippen molar-refractivity contribution in [3.63, 3.8) is 0 Å². The second-order valence-corrected chi connectivity index (χ2v) is 7.58. The van der Waals surface area contributed by atoms with Crippen LogP contribution in [0.5, 0.6) is 11.6 Å². The van der Waals surface area contributed by atoms with Crippen LogP contribution in [0.25, 0.3) is 10.8 Å². The Morgan fingerprint density at radius 2 is 2.15 bits per heavy atom. The highest BCUT2D eigenvalue weighted by atomic mass is 16.5. The molecule has 1 N–H and O–H groups in total. The second-order valence-electron chi connectivity index (χ2n) is 7.58. The Hall–Kier alpha value is -2.34. The molecule has 0 radical (unpaired) electrons. The largest absolute Gasteiger partial charge is 0.491 e. The number of nitrogens with zero attached hydrogens (tertiary/aromatic N) is 2. The molecule has 2 aliphatic heterocycles. The number of carbonyl (C=O) groups is 1. The summed E-state index contributed by atoms with van der Waals surface area (Å²) in [4.78, 5) is 18.8. The van der Waals surface area contributed by atoms with E-state index in [0.29, 0.717) is 18.4 Å². The van der Waals surface area contributed by atoms with Crippen molar-refractivity contribution in [2.45, 2.75) is 26.0 Å². The van der Waals surface area contributed by atoms with Gasteiger partial charge in [-0.15, -0.1) is 0 Å². The molecule has 1 aromatic heterocycles. The highest BCUT2D eigenvalue weighted by Crippen LogP contribution is 2.32. The predicted octanol–water partition coefficient (Wildman–Crippen LogP) is 2.08. The monoisotopic (exact) mass is 355 g/mol. The number of ether oxygens (including phenoxy) is 2. The van der Waals surface area contributed by atoms with Crippen LogP contribution in [0.2, 0.25) is 0 Å². The summed E-state index contributed by atoms with van der Waals surface area (Å²) in [6.45, 7) is 6.19. The van der Waals surface area contributed by atoms with Gasteiger partial charge >= 0.3 is 0 Å². The average Bonchev–Trinajstić information content (AvgIpc) is 3.11. The van der Waals surface area contributed by atoms with E-state index in [4.69, 9.17) is 9.47 Å². The minimum Gasteiger partial charge on any atom is -0.491 e. The third-order valence-corrected chi connectivity index (χ3v) is 5.20. The summed E-state index contributed by atoms with van der Waals surface area (Å²) in [6.07, 6.45) is 1.86. The smallest absolute Gasteiger partial charge is 0.225 e. The van der Waals surface area contributed by atoms with Gasteiger partial charge in [-0.05, 0) is 44.5 Å². The van der Waals surface area contributed by atoms with Crippen LogP contribution < -0.4 is 14.8 Å². The number of benzene rings is 1. The first-order valence-corrected chi connectivity index (χ1v) is 9.18. The van der Waals surface area contributed by atoms with Crippen molar-refractivity contribution >= 4 is 16.7 Å². The quantitative estimate of drug-likeness (QED) is 0.890. The summed E-state index contributed by atoms with van der Waals surface area (Å²) in [6, 6.07) is 7.94. The van der Waals surface area contributed by atoms with Gasteiger partial charge in [-0.1, -0.05) is 6.07 Å². The van der Waals surface area contributed by atoms with E-state index < -0.39 is 0 Å². The van der Waals surface area contributed by atoms with Crippen LogP contribution in [-0.2, 0) is 4.79 Å². The Morgan fingerprint density at radius 3 is 2.96 bits per heavy atom. The van der Waals surface area contributed by atoms with Gasteiger partial charge in [0.25, 0.3) is 0 Å². The molecule has 6 heteroatoms. The number of carbonyl (C=O) groups excluding carboxylic acids is 1. The van der Waals surface area contributed by atoms with Crippen LogP contribution >= 0.6 is 0 Å². The fraction of sp³-hybridized carbons (Fsp3) is 0.500. The molecule has 0 saturated carbocycles. The van der Waals surface area contributed by atoms with Crippen LogP contribution in [0.4, 0.5) is 0 Å². The molecular weight excluding hydrogens is 330 g/mol. The van der Waals surface area contributed by atoms with Crippen LogP contribution in [-0.4, -0.2) is 54.7 Å². The third kappa shape index (κ3) is 3.21. The van der Waals surface area contributed by atoms with Gasteiger partial charge in [0.2, 0.25) is 11.8 Å². The SMILES string of the molecule is CC(C)Oc1ccc2ccnc(OC[C@H]3NC(=O)[C@@H]4CN(C)C[C@H]34)c2c1. The van der Waals surface area contributed by atoms with E-state index in [9.17, 15) is 4.79 Å². The van der Waals surface area contributed by atoms with Crippen LogP contribution in [0, 0.1) is 11.8 Å². The second kappa shape index (κ2) is 6.76. The van der Waals surface area contributed by atoms with E-state index >= 15 is 0 Å². The molecule has 3 atom stereocenters. The minimum absolute atomic E-state index is 0.0320. The summed E-state index contributed by atoms with van der Waals surface area (Å²) in [5.41, 5.74) is 0. The van der Waals surface area contributed by atoms with E-state index in [1.165, 1.54) is 0 Å². The molecule has 0 spiro atoms. The topological polar surface area (TPSA) is 63.7 Å². The molecule has 138 valence electrons. The Balaban J connectivity index is 1.53. The van der Waals surface area contributed by atoms with E-state index in [1.54, 1.807) is 6.20 Å². The lowest BCUT2D eigenvalue weighted by molar-refractivity contribution is -0.122. The number of hydrogen-bond acceptors (Lipinski definition) is 5. The highest BCUT2D eigenvalue weighted by Gasteiger charge is 2.47. The Bertz CT molecular complexity index is 823. The van der Waals surface area contributed by atoms with Crippen molar-refractivity contribution in [2.75, 3.05) is 26.7 Å². The number of aromatic nitrogens is 1. The zero-order chi connectivity index (χ0) is 18.3. The molecule has 2 saturated heterocycles. The van der Waals surface area contributed by atoms with Crippen molar-refractivity contribution in [3.05, 3.63) is 30.5 Å². The molecule has 2 aliphatic rings. The normalized spacial score (nSPS) is 25.5. The van der Waals surface area contributed by atoms with Gasteiger partial charge in [0.1, 0.15) is 12.4 Å². The molecule has 1 aromatic carbocycles. The molecule has 2 aromatic rings. The van der Waals surface area contributed by atoms with Crippen molar-refractivity contribution in [1.29, 1.82) is 0 Å². The molecule has 26 heavy (non-hydrogen) atoms. The molecule has 4 rings (SSSR count). The van der Waals surface area contributed by atoms with Crippen molar-refractivity contribution < 1.29 is 14.3 Å². The Kier molecular flexibility index (Phi) is 4.44. The number of nitrogens with one attached hydrogen (secondary N) is 1. The number of pyridine rings is 1. The van der Waals surface area contributed by atoms with Gasteiger partial charge in [0.05, 0.1) is 18.1 Å². The minimum atomic E-state index is 0.0320. The molecule has 0 aliphatic carbocycles. The molecule has 0 unspecified atom stereocenters. The molecular formula is C20H25N3O3. The fourth-order valence-electron chi connectivity index (χ4n) is 4.03. The van der Waals surface area contributed by atoms with E-state index in [-0.39, 0.29) is 24.0 Å². The average molecular weight is 355 g/mol. The number of likely N-dealkylation sites (tertiary alicyclic amines) is 1. The maximum absolute atomic E-state index is 12.2. The Morgan fingerprint density at radius 1 is 1.31 bits per heavy atom. The molecule has 1 amide bonds. The third-order valence-electron chi connectivity index (χ3n) is 5.20. The van der Waals surface area contributed by atoms with Gasteiger partial charge in [0.15, 0.2) is 0 Å². The first-order chi connectivity index (χ1) is 12.5. The maximum atomic E-state index is 12.2. The van der Waals surface area contributed by atoms with Crippen LogP contribution in [0.3, 0.4) is 0 Å². The van der Waals surface area contributed by atoms with Crippen molar-refractivity contribution in [2.24, 2.45) is 11.8 Å². The standard InChI is InChI=1S/C20H25N3O3/c1-12(2)26-14-5-4-13-6-7-21-20(15(13)8-14)25-11-18-16-9-23(3)10-17(16)19(24)22-18/h4-8,12,16-18H,9-11H2,1-3H3,(H,22,24)/t16-,17+,18+/m0/s1. The highest BCUT2D eigenvalue weighted by molar-refractivity contribution is 5.88. The Labute approximate surface area is 153 Å². The first kappa shape index (κ1) is 17.1. The summed E-state index contributed by atoms with van der Waals surface area (Å²) < 4.78 is 11.8. The number of fused-ring (bicyclic) bond motifs is 2. The molecule has 3 heterocycles. The lowest BCUT2D eigenvalue weighted by atomic mass is 9.94. The van der Waals surface area contributed by atoms with E-state index in [1.807, 2.05) is 38.1 Å². The van der Waals surface area contributed by atoms with Crippen LogP contribution in [0.1, 0.15) is 13.8 Å². The zero-order valence-electron chi connectivity index (χ0n) is 15.4. The van der Waals surface area contributed by atoms with Gasteiger partial charge in [-0.25, -0.2) is 4.98 Å². The summed E-state index contributed by atoms with van der Waals surface area (Å²) >= 11 is 0. The van der Waals surface area contributed by atoms with E-state index in [0.717, 1.165) is 29.6 Å². The number of rotatable bonds is 5. The maximum Gasteiger partial charge on any atom is 0.225 e. The molecule has 6 nitrogen and oxygen atoms in total. The fourth-order valence-corrected chi connectivity index (χ4v) is 4.03. The molecule has 0 bridgehead atoms. The lowest BCUT2D eigenvalue weighted by Gasteiger charge is -2.19. The summed E-state index contributed by atoms with van der Waals surface area (Å²) in [7, 11) is 2.06. The van der Waals surface area contributed by atoms with Gasteiger partial charge in [0, 0.05) is 30.6 Å². The summed E-state index contributed by atoms with van der Waals surface area (Å²) in [5.74, 6) is 1.92. The van der Waals surface area contributed by atoms with Crippen molar-refractivity contribution in [1.82, 2.24) is 15.2 Å². The van der Waals surface area contributed by atoms with Crippen LogP contribution in [0.15, 0.2) is 30.5 Å². The predicted molar refractivity (Wildman–Crippen MR) is 99.4 cm³/mol.